The molecule has 0 spiro atoms. The lowest BCUT2D eigenvalue weighted by Crippen LogP contribution is -2.24. The molecule has 0 aliphatic carbocycles. The lowest BCUT2D eigenvalue weighted by molar-refractivity contribution is 0.536. The average Bonchev–Trinajstić information content (AvgIpc) is 2.78. The van der Waals surface area contributed by atoms with Crippen molar-refractivity contribution in [2.75, 3.05) is 0 Å². The first-order valence-electron chi connectivity index (χ1n) is 6.31. The van der Waals surface area contributed by atoms with Crippen LogP contribution in [-0.4, -0.2) is 16.0 Å². The molecule has 1 atom stereocenters. The third-order valence-corrected chi connectivity index (χ3v) is 4.18. The van der Waals surface area contributed by atoms with Crippen LogP contribution in [0.25, 0.3) is 10.7 Å². The van der Waals surface area contributed by atoms with E-state index >= 15 is 0 Å². The van der Waals surface area contributed by atoms with Crippen LogP contribution < -0.4 is 5.32 Å². The predicted octanol–water partition coefficient (Wildman–Crippen LogP) is 3.40. The van der Waals surface area contributed by atoms with Gasteiger partial charge in [-0.15, -0.1) is 11.3 Å². The number of rotatable bonds is 5. The molecule has 2 rings (SSSR count). The Kier molecular flexibility index (Phi) is 4.44. The number of hydrogen-bond acceptors (Lipinski definition) is 4. The highest BCUT2D eigenvalue weighted by molar-refractivity contribution is 7.15. The average molecular weight is 261 g/mol. The van der Waals surface area contributed by atoms with Gasteiger partial charge in [0.1, 0.15) is 5.01 Å². The molecule has 2 heterocycles. The Morgan fingerprint density at radius 2 is 2.22 bits per heavy atom. The Morgan fingerprint density at radius 3 is 2.89 bits per heavy atom. The van der Waals surface area contributed by atoms with E-state index in [0.29, 0.717) is 6.04 Å². The van der Waals surface area contributed by atoms with E-state index in [0.717, 1.165) is 29.4 Å². The summed E-state index contributed by atoms with van der Waals surface area (Å²) in [5.74, 6) is 0. The van der Waals surface area contributed by atoms with Gasteiger partial charge in [0.2, 0.25) is 0 Å². The summed E-state index contributed by atoms with van der Waals surface area (Å²) < 4.78 is 0. The summed E-state index contributed by atoms with van der Waals surface area (Å²) in [5, 5.41) is 4.51. The van der Waals surface area contributed by atoms with E-state index in [1.807, 2.05) is 24.4 Å². The van der Waals surface area contributed by atoms with Gasteiger partial charge in [0.25, 0.3) is 0 Å². The highest BCUT2D eigenvalue weighted by atomic mass is 32.1. The zero-order chi connectivity index (χ0) is 13.0. The molecule has 1 unspecified atom stereocenters. The summed E-state index contributed by atoms with van der Waals surface area (Å²) >= 11 is 1.73. The van der Waals surface area contributed by atoms with Gasteiger partial charge in [-0.2, -0.15) is 0 Å². The molecule has 0 amide bonds. The lowest BCUT2D eigenvalue weighted by Gasteiger charge is -2.09. The molecule has 0 aliphatic heterocycles. The van der Waals surface area contributed by atoms with E-state index in [1.165, 1.54) is 4.88 Å². The van der Waals surface area contributed by atoms with Crippen LogP contribution in [0.4, 0.5) is 0 Å². The molecule has 0 fully saturated rings. The van der Waals surface area contributed by atoms with E-state index in [4.69, 9.17) is 0 Å². The quantitative estimate of drug-likeness (QED) is 0.896. The molecule has 0 radical (unpaired) electrons. The summed E-state index contributed by atoms with van der Waals surface area (Å²) in [6.45, 7) is 7.36. The van der Waals surface area contributed by atoms with Crippen molar-refractivity contribution in [3.8, 4) is 10.7 Å². The molecular weight excluding hydrogens is 242 g/mol. The fourth-order valence-corrected chi connectivity index (χ4v) is 2.59. The summed E-state index contributed by atoms with van der Waals surface area (Å²) in [4.78, 5) is 10.2. The smallest absolute Gasteiger partial charge is 0.142 e. The monoisotopic (exact) mass is 261 g/mol. The van der Waals surface area contributed by atoms with Crippen LogP contribution in [-0.2, 0) is 6.54 Å². The van der Waals surface area contributed by atoms with Crippen LogP contribution in [0.3, 0.4) is 0 Å². The van der Waals surface area contributed by atoms with Gasteiger partial charge < -0.3 is 5.32 Å². The van der Waals surface area contributed by atoms with E-state index in [2.05, 4.69) is 36.1 Å². The van der Waals surface area contributed by atoms with Crippen molar-refractivity contribution in [1.29, 1.82) is 0 Å². The first kappa shape index (κ1) is 13.2. The van der Waals surface area contributed by atoms with Crippen molar-refractivity contribution < 1.29 is 0 Å². The molecule has 0 aromatic carbocycles. The fraction of sp³-hybridized carbons (Fsp3) is 0.429. The molecule has 2 aromatic heterocycles. The number of thiazole rings is 1. The molecule has 96 valence electrons. The number of aromatic nitrogens is 2. The minimum Gasteiger partial charge on any atom is -0.309 e. The standard InChI is InChI=1S/C14H19N3S/c1-4-10(2)16-9-13-11(3)17-14(18-13)12-7-5-6-8-15-12/h5-8,10,16H,4,9H2,1-3H3. The van der Waals surface area contributed by atoms with Crippen LogP contribution in [0.15, 0.2) is 24.4 Å². The Hall–Kier alpha value is -1.26. The van der Waals surface area contributed by atoms with Crippen LogP contribution >= 0.6 is 11.3 Å². The van der Waals surface area contributed by atoms with E-state index < -0.39 is 0 Å². The Balaban J connectivity index is 2.12. The van der Waals surface area contributed by atoms with Crippen LogP contribution in [0.5, 0.6) is 0 Å². The summed E-state index contributed by atoms with van der Waals surface area (Å²) in [6, 6.07) is 6.47. The Labute approximate surface area is 112 Å². The third-order valence-electron chi connectivity index (χ3n) is 3.00. The third kappa shape index (κ3) is 3.15. The molecule has 4 heteroatoms. The summed E-state index contributed by atoms with van der Waals surface area (Å²) in [6.07, 6.45) is 2.95. The van der Waals surface area contributed by atoms with Crippen LogP contribution in [0.2, 0.25) is 0 Å². The van der Waals surface area contributed by atoms with Crippen LogP contribution in [0.1, 0.15) is 30.8 Å². The van der Waals surface area contributed by atoms with Gasteiger partial charge in [-0.1, -0.05) is 13.0 Å². The minimum absolute atomic E-state index is 0.546. The summed E-state index contributed by atoms with van der Waals surface area (Å²) in [5.41, 5.74) is 2.07. The first-order chi connectivity index (χ1) is 8.70. The van der Waals surface area contributed by atoms with E-state index in [-0.39, 0.29) is 0 Å². The summed E-state index contributed by atoms with van der Waals surface area (Å²) in [7, 11) is 0. The zero-order valence-corrected chi connectivity index (χ0v) is 11.9. The molecule has 18 heavy (non-hydrogen) atoms. The maximum Gasteiger partial charge on any atom is 0.142 e. The number of pyridine rings is 1. The van der Waals surface area contributed by atoms with Gasteiger partial charge in [-0.25, -0.2) is 4.98 Å². The van der Waals surface area contributed by atoms with E-state index in [1.54, 1.807) is 11.3 Å². The van der Waals surface area contributed by atoms with Crippen molar-refractivity contribution in [2.24, 2.45) is 0 Å². The van der Waals surface area contributed by atoms with Crippen molar-refractivity contribution in [2.45, 2.75) is 39.8 Å². The molecule has 0 saturated heterocycles. The first-order valence-corrected chi connectivity index (χ1v) is 7.13. The van der Waals surface area contributed by atoms with Crippen LogP contribution in [0, 0.1) is 6.92 Å². The van der Waals surface area contributed by atoms with Gasteiger partial charge in [0.15, 0.2) is 0 Å². The van der Waals surface area contributed by atoms with Crippen molar-refractivity contribution in [1.82, 2.24) is 15.3 Å². The van der Waals surface area contributed by atoms with Gasteiger partial charge in [0.05, 0.1) is 11.4 Å². The predicted molar refractivity (Wildman–Crippen MR) is 76.7 cm³/mol. The number of nitrogens with one attached hydrogen (secondary N) is 1. The number of nitrogens with zero attached hydrogens (tertiary/aromatic N) is 2. The largest absolute Gasteiger partial charge is 0.309 e. The van der Waals surface area contributed by atoms with Gasteiger partial charge in [-0.05, 0) is 32.4 Å². The van der Waals surface area contributed by atoms with Crippen molar-refractivity contribution in [3.63, 3.8) is 0 Å². The topological polar surface area (TPSA) is 37.8 Å². The number of hydrogen-bond donors (Lipinski definition) is 1. The van der Waals surface area contributed by atoms with Crippen molar-refractivity contribution >= 4 is 11.3 Å². The SMILES string of the molecule is CCC(C)NCc1sc(-c2ccccn2)nc1C. The second-order valence-electron chi connectivity index (χ2n) is 4.43. The van der Waals surface area contributed by atoms with Gasteiger partial charge in [0, 0.05) is 23.7 Å². The highest BCUT2D eigenvalue weighted by Gasteiger charge is 2.10. The minimum atomic E-state index is 0.546. The maximum absolute atomic E-state index is 4.60. The molecule has 2 aromatic rings. The van der Waals surface area contributed by atoms with E-state index in [9.17, 15) is 0 Å². The fourth-order valence-electron chi connectivity index (χ4n) is 1.60. The normalized spacial score (nSPS) is 12.6. The second-order valence-corrected chi connectivity index (χ2v) is 5.52. The van der Waals surface area contributed by atoms with Gasteiger partial charge in [-0.3, -0.25) is 4.98 Å². The highest BCUT2D eigenvalue weighted by Crippen LogP contribution is 2.26. The van der Waals surface area contributed by atoms with Gasteiger partial charge >= 0.3 is 0 Å². The Morgan fingerprint density at radius 1 is 1.39 bits per heavy atom. The number of aryl methyl sites for hydroxylation is 1. The zero-order valence-electron chi connectivity index (χ0n) is 11.1. The maximum atomic E-state index is 4.60. The molecule has 0 aliphatic rings. The van der Waals surface area contributed by atoms with Crippen molar-refractivity contribution in [3.05, 3.63) is 35.0 Å². The molecule has 0 saturated carbocycles. The molecular formula is C14H19N3S. The molecule has 3 nitrogen and oxygen atoms in total. The Bertz CT molecular complexity index is 493. The second kappa shape index (κ2) is 6.07. The lowest BCUT2D eigenvalue weighted by atomic mass is 10.2. The molecule has 1 N–H and O–H groups in total. The molecule has 0 bridgehead atoms.